The Balaban J connectivity index is 2.57. The first-order valence-corrected chi connectivity index (χ1v) is 6.19. The van der Waals surface area contributed by atoms with Gasteiger partial charge in [-0.2, -0.15) is 0 Å². The van der Waals surface area contributed by atoms with Crippen LogP contribution in [0.2, 0.25) is 0 Å². The molecule has 4 N–H and O–H groups in total. The summed E-state index contributed by atoms with van der Waals surface area (Å²) in [5.74, 6) is -0.334. The molecule has 0 aromatic carbocycles. The second-order valence-corrected chi connectivity index (χ2v) is 4.79. The van der Waals surface area contributed by atoms with Gasteiger partial charge in [-0.25, -0.2) is 4.98 Å². The highest BCUT2D eigenvalue weighted by atomic mass is 16.4. The molecule has 0 spiro atoms. The van der Waals surface area contributed by atoms with Crippen molar-refractivity contribution in [1.29, 1.82) is 0 Å². The molecular formula is C12H22N4O2. The summed E-state index contributed by atoms with van der Waals surface area (Å²) in [5.41, 5.74) is 6.14. The number of nitrogens with zero attached hydrogens (tertiary/aromatic N) is 2. The Kier molecular flexibility index (Phi) is 5.80. The van der Waals surface area contributed by atoms with E-state index in [1.807, 2.05) is 10.8 Å². The minimum atomic E-state index is -0.873. The zero-order chi connectivity index (χ0) is 13.5. The monoisotopic (exact) mass is 254 g/mol. The molecule has 6 nitrogen and oxygen atoms in total. The summed E-state index contributed by atoms with van der Waals surface area (Å²) in [6.45, 7) is 6.06. The first-order chi connectivity index (χ1) is 8.52. The lowest BCUT2D eigenvalue weighted by Gasteiger charge is -2.12. The van der Waals surface area contributed by atoms with Gasteiger partial charge in [-0.3, -0.25) is 4.79 Å². The fourth-order valence-corrected chi connectivity index (χ4v) is 1.75. The summed E-state index contributed by atoms with van der Waals surface area (Å²) in [6, 6.07) is -0.629. The maximum atomic E-state index is 11.1. The van der Waals surface area contributed by atoms with Gasteiger partial charge < -0.3 is 20.7 Å². The quantitative estimate of drug-likeness (QED) is 0.611. The van der Waals surface area contributed by atoms with Crippen molar-refractivity contribution in [1.82, 2.24) is 14.9 Å². The van der Waals surface area contributed by atoms with Crippen LogP contribution in [0.15, 0.2) is 12.5 Å². The Hall–Kier alpha value is -1.40. The molecule has 0 aliphatic carbocycles. The van der Waals surface area contributed by atoms with Gasteiger partial charge in [0.15, 0.2) is 0 Å². The summed E-state index contributed by atoms with van der Waals surface area (Å²) >= 11 is 0. The van der Waals surface area contributed by atoms with Crippen LogP contribution < -0.4 is 11.1 Å². The Morgan fingerprint density at radius 1 is 1.61 bits per heavy atom. The normalized spacial score (nSPS) is 12.9. The molecule has 0 aliphatic heterocycles. The number of imidazole rings is 1. The van der Waals surface area contributed by atoms with Gasteiger partial charge >= 0.3 is 5.97 Å². The SMILES string of the molecule is CC(C)Cn1cnc(CC(NCCN)C(=O)O)c1. The van der Waals surface area contributed by atoms with E-state index in [4.69, 9.17) is 10.8 Å². The highest BCUT2D eigenvalue weighted by Crippen LogP contribution is 2.04. The second-order valence-electron chi connectivity index (χ2n) is 4.79. The van der Waals surface area contributed by atoms with Gasteiger partial charge in [-0.05, 0) is 5.92 Å². The average Bonchev–Trinajstić information content (AvgIpc) is 2.70. The average molecular weight is 254 g/mol. The van der Waals surface area contributed by atoms with Crippen molar-refractivity contribution < 1.29 is 9.90 Å². The molecule has 1 atom stereocenters. The molecule has 1 heterocycles. The van der Waals surface area contributed by atoms with E-state index in [9.17, 15) is 4.79 Å². The molecule has 0 radical (unpaired) electrons. The Morgan fingerprint density at radius 2 is 2.33 bits per heavy atom. The van der Waals surface area contributed by atoms with E-state index in [-0.39, 0.29) is 0 Å². The number of aromatic nitrogens is 2. The van der Waals surface area contributed by atoms with Gasteiger partial charge in [-0.1, -0.05) is 13.8 Å². The number of rotatable bonds is 8. The molecule has 102 valence electrons. The van der Waals surface area contributed by atoms with Crippen LogP contribution in [0.1, 0.15) is 19.5 Å². The molecule has 0 aliphatic rings. The van der Waals surface area contributed by atoms with Crippen LogP contribution in [0.25, 0.3) is 0 Å². The van der Waals surface area contributed by atoms with Gasteiger partial charge in [0.25, 0.3) is 0 Å². The van der Waals surface area contributed by atoms with E-state index in [0.717, 1.165) is 12.2 Å². The lowest BCUT2D eigenvalue weighted by molar-refractivity contribution is -0.139. The van der Waals surface area contributed by atoms with Crippen molar-refractivity contribution in [3.63, 3.8) is 0 Å². The van der Waals surface area contributed by atoms with E-state index in [2.05, 4.69) is 24.1 Å². The molecule has 1 aromatic heterocycles. The fraction of sp³-hybridized carbons (Fsp3) is 0.667. The van der Waals surface area contributed by atoms with Crippen molar-refractivity contribution in [3.05, 3.63) is 18.2 Å². The van der Waals surface area contributed by atoms with Crippen LogP contribution in [0.4, 0.5) is 0 Å². The van der Waals surface area contributed by atoms with E-state index in [1.54, 1.807) is 6.33 Å². The van der Waals surface area contributed by atoms with E-state index in [0.29, 0.717) is 25.4 Å². The predicted octanol–water partition coefficient (Wildman–Crippen LogP) is 0.0831. The lowest BCUT2D eigenvalue weighted by atomic mass is 10.1. The predicted molar refractivity (Wildman–Crippen MR) is 69.2 cm³/mol. The molecule has 0 fully saturated rings. The van der Waals surface area contributed by atoms with Crippen LogP contribution in [0.3, 0.4) is 0 Å². The van der Waals surface area contributed by atoms with E-state index < -0.39 is 12.0 Å². The van der Waals surface area contributed by atoms with Gasteiger partial charge in [0, 0.05) is 32.3 Å². The third-order valence-electron chi connectivity index (χ3n) is 2.51. The van der Waals surface area contributed by atoms with Gasteiger partial charge in [0.2, 0.25) is 0 Å². The van der Waals surface area contributed by atoms with Crippen molar-refractivity contribution in [2.24, 2.45) is 11.7 Å². The molecule has 6 heteroatoms. The number of hydrogen-bond donors (Lipinski definition) is 3. The van der Waals surface area contributed by atoms with Crippen molar-refractivity contribution in [2.45, 2.75) is 32.9 Å². The minimum Gasteiger partial charge on any atom is -0.480 e. The number of nitrogens with two attached hydrogens (primary N) is 1. The van der Waals surface area contributed by atoms with Crippen LogP contribution in [-0.2, 0) is 17.8 Å². The third kappa shape index (κ3) is 4.85. The highest BCUT2D eigenvalue weighted by Gasteiger charge is 2.18. The van der Waals surface area contributed by atoms with Crippen LogP contribution >= 0.6 is 0 Å². The molecule has 0 amide bonds. The molecule has 18 heavy (non-hydrogen) atoms. The zero-order valence-electron chi connectivity index (χ0n) is 11.0. The van der Waals surface area contributed by atoms with Crippen LogP contribution in [0.5, 0.6) is 0 Å². The highest BCUT2D eigenvalue weighted by molar-refractivity contribution is 5.73. The number of carboxylic acid groups (broad SMARTS) is 1. The van der Waals surface area contributed by atoms with Crippen LogP contribution in [0, 0.1) is 5.92 Å². The molecular weight excluding hydrogens is 232 g/mol. The first-order valence-electron chi connectivity index (χ1n) is 6.19. The number of carbonyl (C=O) groups is 1. The Labute approximate surface area is 107 Å². The summed E-state index contributed by atoms with van der Waals surface area (Å²) < 4.78 is 1.99. The van der Waals surface area contributed by atoms with E-state index in [1.165, 1.54) is 0 Å². The fourth-order valence-electron chi connectivity index (χ4n) is 1.75. The number of aliphatic carboxylic acids is 1. The molecule has 1 aromatic rings. The third-order valence-corrected chi connectivity index (χ3v) is 2.51. The van der Waals surface area contributed by atoms with Crippen molar-refractivity contribution >= 4 is 5.97 Å². The summed E-state index contributed by atoms with van der Waals surface area (Å²) in [7, 11) is 0. The Morgan fingerprint density at radius 3 is 2.89 bits per heavy atom. The largest absolute Gasteiger partial charge is 0.480 e. The van der Waals surface area contributed by atoms with Gasteiger partial charge in [0.1, 0.15) is 6.04 Å². The lowest BCUT2D eigenvalue weighted by Crippen LogP contribution is -2.41. The summed E-state index contributed by atoms with van der Waals surface area (Å²) in [5, 5.41) is 12.0. The Bertz CT molecular complexity index is 376. The van der Waals surface area contributed by atoms with Gasteiger partial charge in [0.05, 0.1) is 12.0 Å². The summed E-state index contributed by atoms with van der Waals surface area (Å²) in [4.78, 5) is 15.3. The zero-order valence-corrected chi connectivity index (χ0v) is 11.0. The molecule has 0 saturated carbocycles. The number of hydrogen-bond acceptors (Lipinski definition) is 4. The number of carboxylic acids is 1. The summed E-state index contributed by atoms with van der Waals surface area (Å²) in [6.07, 6.45) is 4.03. The molecule has 1 unspecified atom stereocenters. The minimum absolute atomic E-state index is 0.375. The van der Waals surface area contributed by atoms with Crippen molar-refractivity contribution in [3.8, 4) is 0 Å². The molecule has 0 saturated heterocycles. The first kappa shape index (κ1) is 14.7. The standard InChI is InChI=1S/C12H22N4O2/c1-9(2)6-16-7-10(15-8-16)5-11(12(17)18)14-4-3-13/h7-9,11,14H,3-6,13H2,1-2H3,(H,17,18). The smallest absolute Gasteiger partial charge is 0.321 e. The van der Waals surface area contributed by atoms with E-state index >= 15 is 0 Å². The maximum absolute atomic E-state index is 11.1. The van der Waals surface area contributed by atoms with Crippen LogP contribution in [-0.4, -0.2) is 39.8 Å². The van der Waals surface area contributed by atoms with Gasteiger partial charge in [-0.15, -0.1) is 0 Å². The van der Waals surface area contributed by atoms with Crippen molar-refractivity contribution in [2.75, 3.05) is 13.1 Å². The molecule has 1 rings (SSSR count). The molecule has 0 bridgehead atoms. The second kappa shape index (κ2) is 7.13. The number of nitrogens with one attached hydrogen (secondary N) is 1. The maximum Gasteiger partial charge on any atom is 0.321 e. The topological polar surface area (TPSA) is 93.2 Å².